The van der Waals surface area contributed by atoms with Gasteiger partial charge in [-0.05, 0) is 49.6 Å². The highest BCUT2D eigenvalue weighted by Crippen LogP contribution is 2.32. The molecule has 0 atom stereocenters. The summed E-state index contributed by atoms with van der Waals surface area (Å²) in [5.74, 6) is 0. The predicted molar refractivity (Wildman–Crippen MR) is 104 cm³/mol. The van der Waals surface area contributed by atoms with Crippen molar-refractivity contribution in [1.82, 2.24) is 15.6 Å². The van der Waals surface area contributed by atoms with Crippen LogP contribution in [-0.2, 0) is 11.8 Å². The maximum absolute atomic E-state index is 12.5. The molecule has 0 unspecified atom stereocenters. The quantitative estimate of drug-likeness (QED) is 0.666. The Labute approximate surface area is 156 Å². The number of nitrogens with zero attached hydrogens (tertiary/aromatic N) is 3. The first-order valence-corrected chi connectivity index (χ1v) is 8.80. The van der Waals surface area contributed by atoms with Crippen LogP contribution in [0.2, 0.25) is 0 Å². The zero-order valence-corrected chi connectivity index (χ0v) is 15.2. The standard InChI is InChI=1S/C20H20N6O/c1-20(2,12-21)14-6-7-18-13(10-14)8-9-26(18)25-19(27)23-16-4-3-5-17-15(16)11-22-24-17/h3-7,10-11H,8-9H2,1-2H3,(H,22,24)(H2,23,25,27). The van der Waals surface area contributed by atoms with Crippen molar-refractivity contribution in [2.24, 2.45) is 0 Å². The Morgan fingerprint density at radius 3 is 3.00 bits per heavy atom. The van der Waals surface area contributed by atoms with Crippen LogP contribution < -0.4 is 15.8 Å². The van der Waals surface area contributed by atoms with Gasteiger partial charge in [0.25, 0.3) is 0 Å². The molecule has 7 nitrogen and oxygen atoms in total. The van der Waals surface area contributed by atoms with Gasteiger partial charge in [-0.25, -0.2) is 10.2 Å². The number of hydrogen-bond acceptors (Lipinski definition) is 4. The summed E-state index contributed by atoms with van der Waals surface area (Å²) in [5, 5.41) is 21.8. The number of aromatic nitrogens is 2. The van der Waals surface area contributed by atoms with E-state index >= 15 is 0 Å². The number of fused-ring (bicyclic) bond motifs is 2. The summed E-state index contributed by atoms with van der Waals surface area (Å²) in [5.41, 5.74) is 7.02. The van der Waals surface area contributed by atoms with Crippen LogP contribution in [0.4, 0.5) is 16.2 Å². The Morgan fingerprint density at radius 2 is 2.19 bits per heavy atom. The Morgan fingerprint density at radius 1 is 1.33 bits per heavy atom. The Bertz CT molecular complexity index is 1060. The maximum Gasteiger partial charge on any atom is 0.338 e. The number of aromatic amines is 1. The molecule has 0 saturated heterocycles. The summed E-state index contributed by atoms with van der Waals surface area (Å²) < 4.78 is 0. The fourth-order valence-corrected chi connectivity index (χ4v) is 3.32. The minimum Gasteiger partial charge on any atom is -0.306 e. The van der Waals surface area contributed by atoms with Gasteiger partial charge in [0.15, 0.2) is 0 Å². The van der Waals surface area contributed by atoms with Crippen molar-refractivity contribution < 1.29 is 4.79 Å². The highest BCUT2D eigenvalue weighted by Gasteiger charge is 2.25. The number of hydrogen-bond donors (Lipinski definition) is 3. The molecule has 27 heavy (non-hydrogen) atoms. The van der Waals surface area contributed by atoms with E-state index in [2.05, 4.69) is 33.1 Å². The highest BCUT2D eigenvalue weighted by molar-refractivity contribution is 6.00. The second-order valence-corrected chi connectivity index (χ2v) is 7.18. The van der Waals surface area contributed by atoms with Crippen LogP contribution in [0, 0.1) is 11.3 Å². The van der Waals surface area contributed by atoms with Gasteiger partial charge < -0.3 is 5.32 Å². The molecule has 0 spiro atoms. The van der Waals surface area contributed by atoms with Crippen molar-refractivity contribution in [3.63, 3.8) is 0 Å². The van der Waals surface area contributed by atoms with E-state index in [0.717, 1.165) is 34.1 Å². The van der Waals surface area contributed by atoms with E-state index in [1.165, 1.54) is 0 Å². The number of hydrazine groups is 1. The Balaban J connectivity index is 1.50. The van der Waals surface area contributed by atoms with Crippen molar-refractivity contribution in [1.29, 1.82) is 5.26 Å². The number of carbonyl (C=O) groups excluding carboxylic acids is 1. The zero-order chi connectivity index (χ0) is 19.0. The van der Waals surface area contributed by atoms with E-state index in [1.54, 1.807) is 6.20 Å². The molecular weight excluding hydrogens is 340 g/mol. The van der Waals surface area contributed by atoms with E-state index in [0.29, 0.717) is 12.2 Å². The number of anilines is 2. The number of benzene rings is 2. The molecule has 1 aliphatic rings. The molecule has 0 radical (unpaired) electrons. The number of amides is 2. The van der Waals surface area contributed by atoms with Gasteiger partial charge >= 0.3 is 6.03 Å². The average molecular weight is 360 g/mol. The van der Waals surface area contributed by atoms with Crippen molar-refractivity contribution in [2.45, 2.75) is 25.7 Å². The SMILES string of the molecule is CC(C)(C#N)c1ccc2c(c1)CCN2NC(=O)Nc1cccc2[nH]ncc12. The minimum atomic E-state index is -0.531. The van der Waals surface area contributed by atoms with Gasteiger partial charge in [-0.1, -0.05) is 18.2 Å². The topological polar surface area (TPSA) is 96.8 Å². The molecule has 2 amide bonds. The van der Waals surface area contributed by atoms with Crippen molar-refractivity contribution in [2.75, 3.05) is 16.9 Å². The molecule has 0 fully saturated rings. The lowest BCUT2D eigenvalue weighted by atomic mass is 9.85. The van der Waals surface area contributed by atoms with E-state index in [1.807, 2.05) is 49.2 Å². The van der Waals surface area contributed by atoms with Crippen LogP contribution in [-0.4, -0.2) is 22.8 Å². The summed E-state index contributed by atoms with van der Waals surface area (Å²) in [4.78, 5) is 12.5. The first kappa shape index (κ1) is 16.9. The fraction of sp³-hybridized carbons (Fsp3) is 0.250. The third-order valence-corrected chi connectivity index (χ3v) is 4.95. The first-order valence-electron chi connectivity index (χ1n) is 8.80. The van der Waals surface area contributed by atoms with Gasteiger partial charge in [-0.3, -0.25) is 10.1 Å². The monoisotopic (exact) mass is 360 g/mol. The fourth-order valence-electron chi connectivity index (χ4n) is 3.32. The molecule has 136 valence electrons. The van der Waals surface area contributed by atoms with Crippen LogP contribution in [0.5, 0.6) is 0 Å². The molecule has 0 aliphatic carbocycles. The Kier molecular flexibility index (Phi) is 3.96. The number of nitrogens with one attached hydrogen (secondary N) is 3. The number of rotatable bonds is 3. The van der Waals surface area contributed by atoms with Crippen LogP contribution in [0.3, 0.4) is 0 Å². The third-order valence-electron chi connectivity index (χ3n) is 4.95. The van der Waals surface area contributed by atoms with Crippen molar-refractivity contribution in [3.05, 3.63) is 53.7 Å². The lowest BCUT2D eigenvalue weighted by molar-refractivity contribution is 0.251. The average Bonchev–Trinajstić information content (AvgIpc) is 3.29. The predicted octanol–water partition coefficient (Wildman–Crippen LogP) is 3.46. The van der Waals surface area contributed by atoms with E-state index in [9.17, 15) is 10.1 Å². The molecule has 3 aromatic rings. The lowest BCUT2D eigenvalue weighted by Gasteiger charge is -2.22. The molecule has 1 aromatic heterocycles. The van der Waals surface area contributed by atoms with Crippen LogP contribution in [0.25, 0.3) is 10.9 Å². The largest absolute Gasteiger partial charge is 0.338 e. The summed E-state index contributed by atoms with van der Waals surface area (Å²) in [6, 6.07) is 13.6. The maximum atomic E-state index is 12.5. The second-order valence-electron chi connectivity index (χ2n) is 7.18. The van der Waals surface area contributed by atoms with E-state index in [-0.39, 0.29) is 6.03 Å². The summed E-state index contributed by atoms with van der Waals surface area (Å²) >= 11 is 0. The Hall–Kier alpha value is -3.53. The van der Waals surface area contributed by atoms with Crippen LogP contribution in [0.1, 0.15) is 25.0 Å². The van der Waals surface area contributed by atoms with Gasteiger partial charge in [0.2, 0.25) is 0 Å². The smallest absolute Gasteiger partial charge is 0.306 e. The first-order chi connectivity index (χ1) is 13.0. The molecule has 7 heteroatoms. The van der Waals surface area contributed by atoms with Crippen molar-refractivity contribution in [3.8, 4) is 6.07 Å². The minimum absolute atomic E-state index is 0.307. The molecule has 3 N–H and O–H groups in total. The van der Waals surface area contributed by atoms with Crippen molar-refractivity contribution >= 4 is 28.3 Å². The molecule has 1 aliphatic heterocycles. The number of urea groups is 1. The van der Waals surface area contributed by atoms with Gasteiger partial charge in [0.1, 0.15) is 0 Å². The molecule has 2 aromatic carbocycles. The normalized spacial score (nSPS) is 13.3. The van der Waals surface area contributed by atoms with Crippen LogP contribution in [0.15, 0.2) is 42.6 Å². The van der Waals surface area contributed by atoms with Gasteiger partial charge in [-0.2, -0.15) is 10.4 Å². The zero-order valence-electron chi connectivity index (χ0n) is 15.2. The number of nitriles is 1. The highest BCUT2D eigenvalue weighted by atomic mass is 16.2. The van der Waals surface area contributed by atoms with Gasteiger partial charge in [-0.15, -0.1) is 0 Å². The third kappa shape index (κ3) is 3.06. The van der Waals surface area contributed by atoms with Gasteiger partial charge in [0, 0.05) is 11.9 Å². The number of H-pyrrole nitrogens is 1. The molecule has 2 heterocycles. The van der Waals surface area contributed by atoms with Crippen LogP contribution >= 0.6 is 0 Å². The summed E-state index contributed by atoms with van der Waals surface area (Å²) in [6.07, 6.45) is 2.51. The summed E-state index contributed by atoms with van der Waals surface area (Å²) in [7, 11) is 0. The molecule has 0 saturated carbocycles. The summed E-state index contributed by atoms with van der Waals surface area (Å²) in [6.45, 7) is 4.50. The van der Waals surface area contributed by atoms with E-state index < -0.39 is 5.41 Å². The van der Waals surface area contributed by atoms with Gasteiger partial charge in [0.05, 0.1) is 34.6 Å². The molecule has 0 bridgehead atoms. The second kappa shape index (κ2) is 6.32. The molecular formula is C20H20N6O. The molecule has 4 rings (SSSR count). The number of carbonyl (C=O) groups is 1. The van der Waals surface area contributed by atoms with E-state index in [4.69, 9.17) is 0 Å². The lowest BCUT2D eigenvalue weighted by Crippen LogP contribution is -2.43.